The first-order valence-corrected chi connectivity index (χ1v) is 11.0. The molecule has 1 aromatic heterocycles. The summed E-state index contributed by atoms with van der Waals surface area (Å²) >= 11 is 0. The second-order valence-electron chi connectivity index (χ2n) is 8.62. The number of hydrogen-bond donors (Lipinski definition) is 1. The van der Waals surface area contributed by atoms with E-state index in [1.807, 2.05) is 13.1 Å². The number of pyridine rings is 1. The summed E-state index contributed by atoms with van der Waals surface area (Å²) in [5, 5.41) is 1.08. The van der Waals surface area contributed by atoms with Crippen molar-refractivity contribution in [2.24, 2.45) is 11.7 Å². The molecule has 1 aliphatic rings. The Morgan fingerprint density at radius 3 is 2.57 bits per heavy atom. The van der Waals surface area contributed by atoms with E-state index in [9.17, 15) is 4.79 Å². The van der Waals surface area contributed by atoms with E-state index >= 15 is 0 Å². The van der Waals surface area contributed by atoms with Gasteiger partial charge in [0.2, 0.25) is 5.91 Å². The molecule has 1 fully saturated rings. The third kappa shape index (κ3) is 4.30. The maximum absolute atomic E-state index is 12.3. The van der Waals surface area contributed by atoms with Crippen LogP contribution in [-0.4, -0.2) is 10.9 Å². The molecular formula is C27H30N2O. The van der Waals surface area contributed by atoms with E-state index in [1.54, 1.807) is 0 Å². The molecule has 0 atom stereocenters. The molecule has 0 saturated heterocycles. The number of nitrogens with zero attached hydrogens (tertiary/aromatic N) is 1. The van der Waals surface area contributed by atoms with E-state index in [1.165, 1.54) is 48.8 Å². The SMILES string of the molecule is C/C(=C(\CC1CCCCC1)C(N)=O)c1cnc2ccc(-c3ccccc3C)cc2c1. The third-order valence-electron chi connectivity index (χ3n) is 6.54. The van der Waals surface area contributed by atoms with Crippen LogP contribution < -0.4 is 5.73 Å². The zero-order chi connectivity index (χ0) is 21.1. The lowest BCUT2D eigenvalue weighted by molar-refractivity contribution is -0.114. The molecule has 3 aromatic rings. The smallest absolute Gasteiger partial charge is 0.244 e. The number of nitrogens with two attached hydrogens (primary N) is 1. The average molecular weight is 399 g/mol. The minimum atomic E-state index is -0.299. The van der Waals surface area contributed by atoms with Crippen molar-refractivity contribution >= 4 is 22.4 Å². The Hall–Kier alpha value is -2.94. The number of carbonyl (C=O) groups is 1. The molecule has 4 rings (SSSR count). The van der Waals surface area contributed by atoms with Gasteiger partial charge in [0.25, 0.3) is 0 Å². The van der Waals surface area contributed by atoms with Crippen molar-refractivity contribution in [1.82, 2.24) is 4.98 Å². The number of rotatable bonds is 5. The number of hydrogen-bond acceptors (Lipinski definition) is 2. The third-order valence-corrected chi connectivity index (χ3v) is 6.54. The minimum absolute atomic E-state index is 0.299. The molecule has 30 heavy (non-hydrogen) atoms. The number of primary amides is 1. The molecule has 1 heterocycles. The van der Waals surface area contributed by atoms with Gasteiger partial charge >= 0.3 is 0 Å². The summed E-state index contributed by atoms with van der Waals surface area (Å²) in [5.74, 6) is 0.268. The lowest BCUT2D eigenvalue weighted by Gasteiger charge is -2.23. The summed E-state index contributed by atoms with van der Waals surface area (Å²) in [4.78, 5) is 16.9. The zero-order valence-electron chi connectivity index (χ0n) is 17.9. The van der Waals surface area contributed by atoms with Crippen LogP contribution >= 0.6 is 0 Å². The first-order chi connectivity index (χ1) is 14.5. The maximum Gasteiger partial charge on any atom is 0.244 e. The Balaban J connectivity index is 1.72. The lowest BCUT2D eigenvalue weighted by atomic mass is 9.83. The van der Waals surface area contributed by atoms with Crippen molar-refractivity contribution in [3.8, 4) is 11.1 Å². The second kappa shape index (κ2) is 8.83. The first-order valence-electron chi connectivity index (χ1n) is 11.0. The predicted molar refractivity (Wildman–Crippen MR) is 125 cm³/mol. The maximum atomic E-state index is 12.3. The highest BCUT2D eigenvalue weighted by Gasteiger charge is 2.20. The Morgan fingerprint density at radius 1 is 1.07 bits per heavy atom. The number of aromatic nitrogens is 1. The molecule has 1 aliphatic carbocycles. The predicted octanol–water partition coefficient (Wildman–Crippen LogP) is 6.44. The van der Waals surface area contributed by atoms with Gasteiger partial charge in [0.15, 0.2) is 0 Å². The molecule has 0 radical (unpaired) electrons. The number of fused-ring (bicyclic) bond motifs is 1. The minimum Gasteiger partial charge on any atom is -0.366 e. The molecule has 3 nitrogen and oxygen atoms in total. The topological polar surface area (TPSA) is 56.0 Å². The van der Waals surface area contributed by atoms with E-state index in [0.29, 0.717) is 5.92 Å². The van der Waals surface area contributed by atoms with Crippen LogP contribution in [0.25, 0.3) is 27.6 Å². The first kappa shape index (κ1) is 20.3. The number of benzene rings is 2. The van der Waals surface area contributed by atoms with Gasteiger partial charge in [0.05, 0.1) is 5.52 Å². The molecule has 1 amide bonds. The van der Waals surface area contributed by atoms with Crippen LogP contribution in [-0.2, 0) is 4.79 Å². The summed E-state index contributed by atoms with van der Waals surface area (Å²) in [7, 11) is 0. The Morgan fingerprint density at radius 2 is 1.83 bits per heavy atom. The van der Waals surface area contributed by atoms with Crippen molar-refractivity contribution in [3.05, 3.63) is 71.4 Å². The van der Waals surface area contributed by atoms with Gasteiger partial charge in [-0.25, -0.2) is 0 Å². The van der Waals surface area contributed by atoms with Crippen LogP contribution in [0.5, 0.6) is 0 Å². The number of aryl methyl sites for hydroxylation is 1. The highest BCUT2D eigenvalue weighted by molar-refractivity contribution is 6.00. The molecule has 0 aliphatic heterocycles. The number of allylic oxidation sites excluding steroid dienone is 1. The average Bonchev–Trinajstić information content (AvgIpc) is 2.77. The van der Waals surface area contributed by atoms with Crippen molar-refractivity contribution in [1.29, 1.82) is 0 Å². The molecule has 0 unspecified atom stereocenters. The monoisotopic (exact) mass is 398 g/mol. The van der Waals surface area contributed by atoms with Crippen LogP contribution in [0, 0.1) is 12.8 Å². The molecule has 2 N–H and O–H groups in total. The highest BCUT2D eigenvalue weighted by Crippen LogP contribution is 2.33. The molecule has 3 heteroatoms. The Kier molecular flexibility index (Phi) is 5.98. The summed E-state index contributed by atoms with van der Waals surface area (Å²) in [6, 6.07) is 16.9. The molecular weight excluding hydrogens is 368 g/mol. The van der Waals surface area contributed by atoms with E-state index in [-0.39, 0.29) is 5.91 Å². The van der Waals surface area contributed by atoms with Crippen LogP contribution in [0.15, 0.2) is 60.3 Å². The van der Waals surface area contributed by atoms with E-state index in [2.05, 4.69) is 60.4 Å². The fraction of sp³-hybridized carbons (Fsp3) is 0.333. The van der Waals surface area contributed by atoms with Gasteiger partial charge in [-0.05, 0) is 72.2 Å². The molecule has 0 spiro atoms. The van der Waals surface area contributed by atoms with Gasteiger partial charge in [0, 0.05) is 17.2 Å². The van der Waals surface area contributed by atoms with Gasteiger partial charge in [-0.2, -0.15) is 0 Å². The quantitative estimate of drug-likeness (QED) is 0.503. The van der Waals surface area contributed by atoms with Gasteiger partial charge in [0.1, 0.15) is 0 Å². The molecule has 154 valence electrons. The highest BCUT2D eigenvalue weighted by atomic mass is 16.1. The molecule has 2 aromatic carbocycles. The molecule has 0 bridgehead atoms. The Labute approximate surface area is 179 Å². The van der Waals surface area contributed by atoms with Crippen LogP contribution in [0.1, 0.15) is 56.6 Å². The van der Waals surface area contributed by atoms with Gasteiger partial charge < -0.3 is 5.73 Å². The fourth-order valence-electron chi connectivity index (χ4n) is 4.69. The molecule has 1 saturated carbocycles. The number of carbonyl (C=O) groups excluding carboxylic acids is 1. The largest absolute Gasteiger partial charge is 0.366 e. The Bertz CT molecular complexity index is 1110. The standard InChI is InChI=1S/C27H30N2O/c1-18-8-6-7-11-24(18)21-12-13-26-22(15-21)16-23(17-29-26)19(2)25(27(28)30)14-20-9-4-3-5-10-20/h6-8,11-13,15-17,20H,3-5,9-10,14H2,1-2H3,(H2,28,30)/b25-19-. The van der Waals surface area contributed by atoms with Gasteiger partial charge in [-0.1, -0.05) is 62.4 Å². The summed E-state index contributed by atoms with van der Waals surface area (Å²) < 4.78 is 0. The second-order valence-corrected chi connectivity index (χ2v) is 8.62. The van der Waals surface area contributed by atoms with Crippen LogP contribution in [0.2, 0.25) is 0 Å². The van der Waals surface area contributed by atoms with E-state index < -0.39 is 0 Å². The zero-order valence-corrected chi connectivity index (χ0v) is 17.9. The normalized spacial score (nSPS) is 15.8. The summed E-state index contributed by atoms with van der Waals surface area (Å²) in [6.45, 7) is 4.14. The summed E-state index contributed by atoms with van der Waals surface area (Å²) in [5.41, 5.74) is 13.1. The van der Waals surface area contributed by atoms with Crippen molar-refractivity contribution in [3.63, 3.8) is 0 Å². The van der Waals surface area contributed by atoms with Crippen molar-refractivity contribution in [2.75, 3.05) is 0 Å². The van der Waals surface area contributed by atoms with Crippen molar-refractivity contribution < 1.29 is 4.79 Å². The summed E-state index contributed by atoms with van der Waals surface area (Å²) in [6.07, 6.45) is 8.86. The van der Waals surface area contributed by atoms with Gasteiger partial charge in [-0.3, -0.25) is 9.78 Å². The van der Waals surface area contributed by atoms with Gasteiger partial charge in [-0.15, -0.1) is 0 Å². The fourth-order valence-corrected chi connectivity index (χ4v) is 4.69. The lowest BCUT2D eigenvalue weighted by Crippen LogP contribution is -2.19. The van der Waals surface area contributed by atoms with Crippen molar-refractivity contribution in [2.45, 2.75) is 52.4 Å². The van der Waals surface area contributed by atoms with Crippen LogP contribution in [0.3, 0.4) is 0 Å². The number of amides is 1. The van der Waals surface area contributed by atoms with E-state index in [0.717, 1.165) is 34.0 Å². The van der Waals surface area contributed by atoms with Crippen LogP contribution in [0.4, 0.5) is 0 Å². The van der Waals surface area contributed by atoms with E-state index in [4.69, 9.17) is 5.73 Å².